The van der Waals surface area contributed by atoms with Crippen LogP contribution in [0.3, 0.4) is 0 Å². The van der Waals surface area contributed by atoms with Crippen LogP contribution in [0.25, 0.3) is 0 Å². The highest BCUT2D eigenvalue weighted by Crippen LogP contribution is 2.33. The molecule has 1 N–H and O–H groups in total. The second kappa shape index (κ2) is 5.31. The van der Waals surface area contributed by atoms with Crippen LogP contribution in [0.1, 0.15) is 25.7 Å². The number of hydrogen-bond donors (Lipinski definition) is 1. The third-order valence-corrected chi connectivity index (χ3v) is 3.30. The van der Waals surface area contributed by atoms with Gasteiger partial charge in [-0.2, -0.15) is 0 Å². The van der Waals surface area contributed by atoms with Gasteiger partial charge in [0.25, 0.3) is 0 Å². The lowest BCUT2D eigenvalue weighted by Gasteiger charge is -2.43. The molecule has 2 fully saturated rings. The van der Waals surface area contributed by atoms with E-state index in [4.69, 9.17) is 9.47 Å². The maximum absolute atomic E-state index is 5.92. The minimum Gasteiger partial charge on any atom is -0.381 e. The van der Waals surface area contributed by atoms with E-state index < -0.39 is 0 Å². The van der Waals surface area contributed by atoms with Crippen molar-refractivity contribution in [2.75, 3.05) is 26.8 Å². The summed E-state index contributed by atoms with van der Waals surface area (Å²) in [4.78, 5) is 0. The fourth-order valence-corrected chi connectivity index (χ4v) is 2.41. The molecule has 2 rings (SSSR count). The minimum absolute atomic E-state index is 0. The summed E-state index contributed by atoms with van der Waals surface area (Å²) < 4.78 is 11.3. The molecule has 0 saturated carbocycles. The van der Waals surface area contributed by atoms with Crippen LogP contribution < -0.4 is 5.32 Å². The Morgan fingerprint density at radius 2 is 2.07 bits per heavy atom. The number of hydrogen-bond acceptors (Lipinski definition) is 3. The Bertz CT molecular complexity index is 166. The Morgan fingerprint density at radius 3 is 2.71 bits per heavy atom. The van der Waals surface area contributed by atoms with Gasteiger partial charge in [-0.05, 0) is 32.4 Å². The van der Waals surface area contributed by atoms with Gasteiger partial charge in [-0.3, -0.25) is 0 Å². The van der Waals surface area contributed by atoms with Crippen molar-refractivity contribution in [3.8, 4) is 0 Å². The van der Waals surface area contributed by atoms with Crippen LogP contribution in [0.2, 0.25) is 0 Å². The fourth-order valence-electron chi connectivity index (χ4n) is 2.41. The van der Waals surface area contributed by atoms with Gasteiger partial charge in [0.05, 0.1) is 11.7 Å². The van der Waals surface area contributed by atoms with E-state index in [0.29, 0.717) is 6.10 Å². The van der Waals surface area contributed by atoms with Crippen molar-refractivity contribution >= 4 is 12.4 Å². The molecule has 0 aromatic rings. The summed E-state index contributed by atoms with van der Waals surface area (Å²) in [6.45, 7) is 3.06. The molecule has 1 atom stereocenters. The van der Waals surface area contributed by atoms with Gasteiger partial charge in [0.1, 0.15) is 0 Å². The van der Waals surface area contributed by atoms with Gasteiger partial charge in [0.15, 0.2) is 0 Å². The highest BCUT2D eigenvalue weighted by Gasteiger charge is 2.38. The number of ether oxygens (including phenoxy) is 2. The number of piperidine rings is 1. The van der Waals surface area contributed by atoms with E-state index >= 15 is 0 Å². The highest BCUT2D eigenvalue weighted by atomic mass is 35.5. The van der Waals surface area contributed by atoms with Gasteiger partial charge in [-0.1, -0.05) is 0 Å². The molecule has 0 amide bonds. The first-order valence-electron chi connectivity index (χ1n) is 5.22. The minimum atomic E-state index is 0. The lowest BCUT2D eigenvalue weighted by molar-refractivity contribution is -0.138. The second-order valence-electron chi connectivity index (χ2n) is 4.13. The average molecular weight is 222 g/mol. The Hall–Kier alpha value is 0.170. The molecule has 2 aliphatic heterocycles. The van der Waals surface area contributed by atoms with Crippen LogP contribution in [0.5, 0.6) is 0 Å². The van der Waals surface area contributed by atoms with Crippen molar-refractivity contribution in [2.45, 2.75) is 37.4 Å². The largest absolute Gasteiger partial charge is 0.381 e. The van der Waals surface area contributed by atoms with E-state index in [0.717, 1.165) is 45.4 Å². The first kappa shape index (κ1) is 12.2. The smallest absolute Gasteiger partial charge is 0.0731 e. The molecule has 0 aromatic heterocycles. The molecule has 0 aromatic carbocycles. The molecule has 4 heteroatoms. The molecule has 0 bridgehead atoms. The number of methoxy groups -OCH3 is 1. The Labute approximate surface area is 91.9 Å². The summed E-state index contributed by atoms with van der Waals surface area (Å²) in [7, 11) is 1.81. The van der Waals surface area contributed by atoms with Gasteiger partial charge in [-0.25, -0.2) is 0 Å². The summed E-state index contributed by atoms with van der Waals surface area (Å²) in [5, 5.41) is 3.37. The molecule has 1 spiro atoms. The molecule has 0 aliphatic carbocycles. The predicted molar refractivity (Wildman–Crippen MR) is 58.1 cm³/mol. The SMILES string of the molecule is CO[C@@H]1CCOC2(CCNCC2)C1.Cl. The average Bonchev–Trinajstić information content (AvgIpc) is 2.19. The molecule has 0 radical (unpaired) electrons. The van der Waals surface area contributed by atoms with E-state index in [2.05, 4.69) is 5.32 Å². The van der Waals surface area contributed by atoms with Crippen LogP contribution in [0.4, 0.5) is 0 Å². The van der Waals surface area contributed by atoms with Crippen LogP contribution in [-0.2, 0) is 9.47 Å². The van der Waals surface area contributed by atoms with Gasteiger partial charge in [0.2, 0.25) is 0 Å². The van der Waals surface area contributed by atoms with Gasteiger partial charge >= 0.3 is 0 Å². The van der Waals surface area contributed by atoms with E-state index in [1.165, 1.54) is 0 Å². The highest BCUT2D eigenvalue weighted by molar-refractivity contribution is 5.85. The summed E-state index contributed by atoms with van der Waals surface area (Å²) in [5.41, 5.74) is 0.143. The normalized spacial score (nSPS) is 31.1. The zero-order valence-electron chi connectivity index (χ0n) is 8.75. The molecule has 3 nitrogen and oxygen atoms in total. The second-order valence-corrected chi connectivity index (χ2v) is 4.13. The lowest BCUT2D eigenvalue weighted by Crippen LogP contribution is -2.49. The summed E-state index contributed by atoms with van der Waals surface area (Å²) in [6.07, 6.45) is 4.86. The third-order valence-electron chi connectivity index (χ3n) is 3.30. The van der Waals surface area contributed by atoms with Crippen LogP contribution in [-0.4, -0.2) is 38.5 Å². The predicted octanol–water partition coefficient (Wildman–Crippen LogP) is 1.36. The van der Waals surface area contributed by atoms with Crippen molar-refractivity contribution in [1.82, 2.24) is 5.32 Å². The molecule has 2 heterocycles. The van der Waals surface area contributed by atoms with Crippen LogP contribution >= 0.6 is 12.4 Å². The molecular formula is C10H20ClNO2. The van der Waals surface area contributed by atoms with Crippen molar-refractivity contribution < 1.29 is 9.47 Å². The summed E-state index contributed by atoms with van der Waals surface area (Å²) in [6, 6.07) is 0. The van der Waals surface area contributed by atoms with Crippen molar-refractivity contribution in [1.29, 1.82) is 0 Å². The Balaban J connectivity index is 0.000000980. The van der Waals surface area contributed by atoms with E-state index in [1.807, 2.05) is 7.11 Å². The van der Waals surface area contributed by atoms with Gasteiger partial charge in [-0.15, -0.1) is 12.4 Å². The first-order chi connectivity index (χ1) is 6.35. The Morgan fingerprint density at radius 1 is 1.36 bits per heavy atom. The van der Waals surface area contributed by atoms with Crippen molar-refractivity contribution in [2.24, 2.45) is 0 Å². The number of rotatable bonds is 1. The third kappa shape index (κ3) is 2.60. The standard InChI is InChI=1S/C10H19NO2.ClH/c1-12-9-2-7-13-10(8-9)3-5-11-6-4-10;/h9,11H,2-8H2,1H3;1H/t9-;/m1./s1. The topological polar surface area (TPSA) is 30.5 Å². The maximum Gasteiger partial charge on any atom is 0.0731 e. The van der Waals surface area contributed by atoms with E-state index in [-0.39, 0.29) is 18.0 Å². The van der Waals surface area contributed by atoms with E-state index in [9.17, 15) is 0 Å². The number of nitrogens with one attached hydrogen (secondary N) is 1. The monoisotopic (exact) mass is 221 g/mol. The maximum atomic E-state index is 5.92. The molecule has 0 unspecified atom stereocenters. The zero-order valence-corrected chi connectivity index (χ0v) is 9.57. The quantitative estimate of drug-likeness (QED) is 0.725. The first-order valence-corrected chi connectivity index (χ1v) is 5.22. The van der Waals surface area contributed by atoms with Crippen LogP contribution in [0.15, 0.2) is 0 Å². The summed E-state index contributed by atoms with van der Waals surface area (Å²) >= 11 is 0. The van der Waals surface area contributed by atoms with Crippen molar-refractivity contribution in [3.63, 3.8) is 0 Å². The number of halogens is 1. The zero-order chi connectivity index (χ0) is 9.15. The fraction of sp³-hybridized carbons (Fsp3) is 1.00. The van der Waals surface area contributed by atoms with Crippen molar-refractivity contribution in [3.05, 3.63) is 0 Å². The van der Waals surface area contributed by atoms with E-state index in [1.54, 1.807) is 0 Å². The molecule has 2 aliphatic rings. The molecular weight excluding hydrogens is 202 g/mol. The van der Waals surface area contributed by atoms with Gasteiger partial charge < -0.3 is 14.8 Å². The molecule has 2 saturated heterocycles. The van der Waals surface area contributed by atoms with Gasteiger partial charge in [0, 0.05) is 20.1 Å². The molecule has 84 valence electrons. The lowest BCUT2D eigenvalue weighted by atomic mass is 9.84. The summed E-state index contributed by atoms with van der Waals surface area (Å²) in [5.74, 6) is 0. The Kier molecular flexibility index (Phi) is 4.64. The molecule has 14 heavy (non-hydrogen) atoms. The van der Waals surface area contributed by atoms with Crippen LogP contribution in [0, 0.1) is 0 Å².